The number of benzene rings is 1. The van der Waals surface area contributed by atoms with E-state index in [2.05, 4.69) is 15.9 Å². The van der Waals surface area contributed by atoms with Crippen molar-refractivity contribution in [3.63, 3.8) is 0 Å². The van der Waals surface area contributed by atoms with Crippen LogP contribution in [-0.2, 0) is 14.8 Å². The van der Waals surface area contributed by atoms with Crippen molar-refractivity contribution in [2.24, 2.45) is 5.14 Å². The number of esters is 1. The zero-order chi connectivity index (χ0) is 15.3. The number of carbonyl (C=O) groups is 1. The number of hydrogen-bond donors (Lipinski definition) is 1. The zero-order valence-electron chi connectivity index (χ0n) is 10.9. The molecule has 8 heteroatoms. The molecule has 0 heterocycles. The first-order chi connectivity index (χ1) is 9.27. The van der Waals surface area contributed by atoms with Gasteiger partial charge in [0.1, 0.15) is 4.90 Å². The molecule has 0 aliphatic heterocycles. The third-order valence-electron chi connectivity index (χ3n) is 2.51. The minimum Gasteiger partial charge on any atom is -0.462 e. The predicted octanol–water partition coefficient (Wildman–Crippen LogP) is 2.58. The smallest absolute Gasteiger partial charge is 0.341 e. The Morgan fingerprint density at radius 2 is 2.05 bits per heavy atom. The lowest BCUT2D eigenvalue weighted by Crippen LogP contribution is -2.17. The highest BCUT2D eigenvalue weighted by Gasteiger charge is 2.23. The highest BCUT2D eigenvalue weighted by atomic mass is 79.9. The molecule has 5 nitrogen and oxygen atoms in total. The fourth-order valence-corrected chi connectivity index (χ4v) is 2.77. The molecule has 0 bridgehead atoms. The summed E-state index contributed by atoms with van der Waals surface area (Å²) in [6.07, 6.45) is 2.51. The first-order valence-corrected chi connectivity index (χ1v) is 8.30. The molecule has 0 aliphatic rings. The molecule has 0 fully saturated rings. The third kappa shape index (κ3) is 4.53. The summed E-state index contributed by atoms with van der Waals surface area (Å²) in [6, 6.07) is 2.16. The van der Waals surface area contributed by atoms with Crippen molar-refractivity contribution in [1.29, 1.82) is 0 Å². The van der Waals surface area contributed by atoms with E-state index in [1.165, 1.54) is 0 Å². The van der Waals surface area contributed by atoms with Crippen LogP contribution in [0.4, 0.5) is 4.39 Å². The Morgan fingerprint density at radius 1 is 1.40 bits per heavy atom. The number of primary sulfonamides is 1. The number of sulfonamides is 1. The van der Waals surface area contributed by atoms with Gasteiger partial charge in [-0.15, -0.1) is 0 Å². The van der Waals surface area contributed by atoms with E-state index in [-0.39, 0.29) is 11.1 Å². The van der Waals surface area contributed by atoms with Gasteiger partial charge < -0.3 is 4.74 Å². The van der Waals surface area contributed by atoms with Crippen LogP contribution in [0.1, 0.15) is 36.5 Å². The number of ether oxygens (including phenoxy) is 1. The van der Waals surface area contributed by atoms with Gasteiger partial charge in [-0.3, -0.25) is 0 Å². The Kier molecular flexibility index (Phi) is 6.09. The van der Waals surface area contributed by atoms with Gasteiger partial charge in [-0.1, -0.05) is 35.7 Å². The molecule has 0 aliphatic carbocycles. The maximum Gasteiger partial charge on any atom is 0.341 e. The lowest BCUT2D eigenvalue weighted by Gasteiger charge is -2.08. The minimum atomic E-state index is -4.25. The Labute approximate surface area is 125 Å². The summed E-state index contributed by atoms with van der Waals surface area (Å²) in [5.41, 5.74) is -0.458. The van der Waals surface area contributed by atoms with E-state index < -0.39 is 32.3 Å². The molecule has 112 valence electrons. The summed E-state index contributed by atoms with van der Waals surface area (Å²) >= 11 is 3.01. The van der Waals surface area contributed by atoms with E-state index in [9.17, 15) is 17.6 Å². The molecule has 0 saturated carbocycles. The minimum absolute atomic E-state index is 0.156. The largest absolute Gasteiger partial charge is 0.462 e. The van der Waals surface area contributed by atoms with Crippen LogP contribution in [0.25, 0.3) is 0 Å². The summed E-state index contributed by atoms with van der Waals surface area (Å²) in [5.74, 6) is -2.11. The Bertz CT molecular complexity index is 604. The maximum absolute atomic E-state index is 14.0. The van der Waals surface area contributed by atoms with Gasteiger partial charge >= 0.3 is 5.97 Å². The average Bonchev–Trinajstić information content (AvgIpc) is 2.35. The van der Waals surface area contributed by atoms with Crippen LogP contribution in [0.2, 0.25) is 0 Å². The topological polar surface area (TPSA) is 86.5 Å². The number of rotatable bonds is 6. The van der Waals surface area contributed by atoms with E-state index >= 15 is 0 Å². The Morgan fingerprint density at radius 3 is 2.60 bits per heavy atom. The van der Waals surface area contributed by atoms with Crippen LogP contribution < -0.4 is 5.14 Å². The van der Waals surface area contributed by atoms with Crippen LogP contribution in [0.3, 0.4) is 0 Å². The molecule has 20 heavy (non-hydrogen) atoms. The average molecular weight is 368 g/mol. The van der Waals surface area contributed by atoms with Crippen molar-refractivity contribution >= 4 is 31.9 Å². The lowest BCUT2D eigenvalue weighted by atomic mass is 10.2. The van der Waals surface area contributed by atoms with Crippen molar-refractivity contribution in [2.45, 2.75) is 31.1 Å². The number of nitrogens with two attached hydrogens (primary N) is 1. The summed E-state index contributed by atoms with van der Waals surface area (Å²) in [6.45, 7) is 2.15. The lowest BCUT2D eigenvalue weighted by molar-refractivity contribution is 0.0492. The van der Waals surface area contributed by atoms with Crippen LogP contribution in [0, 0.1) is 5.82 Å². The fourth-order valence-electron chi connectivity index (χ4n) is 1.51. The number of halogens is 2. The second-order valence-electron chi connectivity index (χ2n) is 4.15. The molecular formula is C12H15BrFNO4S. The fraction of sp³-hybridized carbons (Fsp3) is 0.417. The van der Waals surface area contributed by atoms with Crippen LogP contribution in [0.5, 0.6) is 0 Å². The number of hydrogen-bond acceptors (Lipinski definition) is 4. The molecule has 2 N–H and O–H groups in total. The van der Waals surface area contributed by atoms with E-state index in [1.807, 2.05) is 6.92 Å². The van der Waals surface area contributed by atoms with Crippen molar-refractivity contribution in [3.05, 3.63) is 28.0 Å². The third-order valence-corrected chi connectivity index (χ3v) is 3.88. The summed E-state index contributed by atoms with van der Waals surface area (Å²) in [4.78, 5) is 11.0. The standard InChI is InChI=1S/C12H15BrFNO4S/c1-2-3-4-5-19-12(16)9-6-8(13)7-10(11(9)14)20(15,17)18/h6-7H,2-5H2,1H3,(H2,15,17,18). The normalized spacial score (nSPS) is 11.4. The van der Waals surface area contributed by atoms with Gasteiger partial charge in [0, 0.05) is 4.47 Å². The second-order valence-corrected chi connectivity index (χ2v) is 6.60. The molecule has 1 aromatic carbocycles. The monoisotopic (exact) mass is 367 g/mol. The van der Waals surface area contributed by atoms with E-state index in [0.717, 1.165) is 25.0 Å². The van der Waals surface area contributed by atoms with Crippen molar-refractivity contribution in [3.8, 4) is 0 Å². The molecule has 0 radical (unpaired) electrons. The highest BCUT2D eigenvalue weighted by Crippen LogP contribution is 2.24. The van der Waals surface area contributed by atoms with Gasteiger partial charge in [0.2, 0.25) is 10.0 Å². The summed E-state index contributed by atoms with van der Waals surface area (Å²) in [5, 5.41) is 4.89. The van der Waals surface area contributed by atoms with Gasteiger partial charge in [0.25, 0.3) is 0 Å². The Balaban J connectivity index is 3.01. The van der Waals surface area contributed by atoms with Crippen molar-refractivity contribution in [2.75, 3.05) is 6.61 Å². The molecule has 0 amide bonds. The zero-order valence-corrected chi connectivity index (χ0v) is 13.3. The first-order valence-electron chi connectivity index (χ1n) is 5.96. The van der Waals surface area contributed by atoms with E-state index in [4.69, 9.17) is 9.88 Å². The van der Waals surface area contributed by atoms with Gasteiger partial charge in [0.15, 0.2) is 5.82 Å². The molecule has 0 atom stereocenters. The van der Waals surface area contributed by atoms with Gasteiger partial charge in [-0.25, -0.2) is 22.7 Å². The molecule has 1 rings (SSSR count). The van der Waals surface area contributed by atoms with Gasteiger partial charge in [0.05, 0.1) is 12.2 Å². The molecule has 0 saturated heterocycles. The highest BCUT2D eigenvalue weighted by molar-refractivity contribution is 9.10. The molecular weight excluding hydrogens is 353 g/mol. The quantitative estimate of drug-likeness (QED) is 0.618. The molecule has 0 aromatic heterocycles. The Hall–Kier alpha value is -0.990. The molecule has 1 aromatic rings. The van der Waals surface area contributed by atoms with E-state index in [0.29, 0.717) is 6.42 Å². The molecule has 0 unspecified atom stereocenters. The second kappa shape index (κ2) is 7.14. The van der Waals surface area contributed by atoms with Crippen LogP contribution in [0.15, 0.2) is 21.5 Å². The first kappa shape index (κ1) is 17.1. The van der Waals surface area contributed by atoms with Crippen molar-refractivity contribution < 1.29 is 22.3 Å². The van der Waals surface area contributed by atoms with Gasteiger partial charge in [-0.05, 0) is 18.6 Å². The number of carbonyl (C=O) groups excluding carboxylic acids is 1. The summed E-state index contributed by atoms with van der Waals surface area (Å²) < 4.78 is 41.6. The maximum atomic E-state index is 14.0. The molecule has 0 spiro atoms. The number of unbranched alkanes of at least 4 members (excludes halogenated alkanes) is 2. The van der Waals surface area contributed by atoms with Gasteiger partial charge in [-0.2, -0.15) is 0 Å². The SMILES string of the molecule is CCCCCOC(=O)c1cc(Br)cc(S(N)(=O)=O)c1F. The van der Waals surface area contributed by atoms with Crippen LogP contribution in [-0.4, -0.2) is 21.0 Å². The van der Waals surface area contributed by atoms with Crippen LogP contribution >= 0.6 is 15.9 Å². The van der Waals surface area contributed by atoms with Crippen molar-refractivity contribution in [1.82, 2.24) is 0 Å². The van der Waals surface area contributed by atoms with E-state index in [1.54, 1.807) is 0 Å². The predicted molar refractivity (Wildman–Crippen MR) is 75.3 cm³/mol. The summed E-state index contributed by atoms with van der Waals surface area (Å²) in [7, 11) is -4.25.